The van der Waals surface area contributed by atoms with Crippen LogP contribution < -0.4 is 0 Å². The lowest BCUT2D eigenvalue weighted by molar-refractivity contribution is 0.484. The zero-order valence-corrected chi connectivity index (χ0v) is 15.0. The van der Waals surface area contributed by atoms with Crippen LogP contribution in [0, 0.1) is 0 Å². The van der Waals surface area contributed by atoms with Gasteiger partial charge in [-0.2, -0.15) is 0 Å². The molecule has 0 radical (unpaired) electrons. The van der Waals surface area contributed by atoms with Gasteiger partial charge in [0.1, 0.15) is 8.24 Å². The first kappa shape index (κ1) is 15.5. The normalized spacial score (nSPS) is 19.6. The fraction of sp³-hybridized carbons (Fsp3) is 1.00. The molecule has 0 bridgehead atoms. The minimum absolute atomic E-state index is 0.0375. The molecule has 1 fully saturated rings. The van der Waals surface area contributed by atoms with Crippen molar-refractivity contribution in [2.75, 3.05) is 6.54 Å². The molecule has 0 aliphatic heterocycles. The molecule has 0 spiro atoms. The van der Waals surface area contributed by atoms with Crippen LogP contribution in [0.4, 0.5) is 0 Å². The van der Waals surface area contributed by atoms with Crippen LogP contribution in [0.3, 0.4) is 0 Å². The third-order valence-electron chi connectivity index (χ3n) is 5.23. The summed E-state index contributed by atoms with van der Waals surface area (Å²) in [5, 5.41) is 0. The number of nitrogens with zero attached hydrogens (tertiary/aromatic N) is 1. The lowest BCUT2D eigenvalue weighted by Gasteiger charge is -2.43. The van der Waals surface area contributed by atoms with Gasteiger partial charge in [-0.3, -0.25) is 0 Å². The van der Waals surface area contributed by atoms with Crippen molar-refractivity contribution < 1.29 is 0 Å². The maximum atomic E-state index is 3.07. The molecule has 0 heterocycles. The van der Waals surface area contributed by atoms with Crippen molar-refractivity contribution in [3.63, 3.8) is 0 Å². The van der Waals surface area contributed by atoms with Crippen LogP contribution >= 0.6 is 0 Å². The van der Waals surface area contributed by atoms with Gasteiger partial charge in [0.25, 0.3) is 0 Å². The third-order valence-corrected chi connectivity index (χ3v) is 15.6. The molecule has 102 valence electrons. The largest absolute Gasteiger partial charge is 0.350 e. The van der Waals surface area contributed by atoms with Crippen LogP contribution in [0.5, 0.6) is 0 Å². The number of rotatable bonds is 7. The number of hydrogen-bond donors (Lipinski definition) is 0. The van der Waals surface area contributed by atoms with E-state index in [0.29, 0.717) is 0 Å². The van der Waals surface area contributed by atoms with Gasteiger partial charge < -0.3 is 4.23 Å². The molecule has 1 aliphatic carbocycles. The van der Waals surface area contributed by atoms with Gasteiger partial charge >= 0.3 is 0 Å². The van der Waals surface area contributed by atoms with Gasteiger partial charge in [-0.25, -0.2) is 0 Å². The molecule has 17 heavy (non-hydrogen) atoms. The predicted octanol–water partition coefficient (Wildman–Crippen LogP) is 4.15. The Morgan fingerprint density at radius 3 is 1.88 bits per heavy atom. The SMILES string of the molecule is CCN([SiH2]C1CCCCC1)[Si](CC)(CC)CC. The van der Waals surface area contributed by atoms with Crippen LogP contribution in [-0.4, -0.2) is 28.7 Å². The monoisotopic (exact) mass is 271 g/mol. The maximum Gasteiger partial charge on any atom is 0.120 e. The smallest absolute Gasteiger partial charge is 0.120 e. The quantitative estimate of drug-likeness (QED) is 0.629. The van der Waals surface area contributed by atoms with Crippen molar-refractivity contribution in [1.82, 2.24) is 4.23 Å². The molecule has 0 saturated heterocycles. The molecule has 0 unspecified atom stereocenters. The molecule has 1 saturated carbocycles. The topological polar surface area (TPSA) is 3.24 Å². The van der Waals surface area contributed by atoms with E-state index in [4.69, 9.17) is 0 Å². The highest BCUT2D eigenvalue weighted by Crippen LogP contribution is 2.32. The van der Waals surface area contributed by atoms with Crippen LogP contribution in [0.25, 0.3) is 0 Å². The summed E-state index contributed by atoms with van der Waals surface area (Å²) in [4.78, 5) is 0. The van der Waals surface area contributed by atoms with Crippen LogP contribution in [-0.2, 0) is 0 Å². The van der Waals surface area contributed by atoms with Gasteiger partial charge in [-0.1, -0.05) is 59.8 Å². The molecule has 0 atom stereocenters. The highest BCUT2D eigenvalue weighted by atomic mass is 28.4. The second-order valence-electron chi connectivity index (χ2n) is 5.83. The molecular formula is C14H33NSi2. The van der Waals surface area contributed by atoms with Gasteiger partial charge in [0.05, 0.1) is 9.68 Å². The average molecular weight is 272 g/mol. The van der Waals surface area contributed by atoms with E-state index in [0.717, 1.165) is 5.54 Å². The highest BCUT2D eigenvalue weighted by Gasteiger charge is 2.34. The Hall–Kier alpha value is 0.394. The second-order valence-corrected chi connectivity index (χ2v) is 13.9. The van der Waals surface area contributed by atoms with E-state index < -0.39 is 8.24 Å². The Morgan fingerprint density at radius 1 is 0.941 bits per heavy atom. The molecule has 0 aromatic heterocycles. The van der Waals surface area contributed by atoms with E-state index in [1.807, 2.05) is 0 Å². The van der Waals surface area contributed by atoms with Gasteiger partial charge in [0.2, 0.25) is 0 Å². The summed E-state index contributed by atoms with van der Waals surface area (Å²) in [5.41, 5.74) is 1.15. The molecule has 0 aromatic rings. The highest BCUT2D eigenvalue weighted by molar-refractivity contribution is 6.82. The van der Waals surface area contributed by atoms with E-state index in [1.54, 1.807) is 12.8 Å². The van der Waals surface area contributed by atoms with E-state index in [2.05, 4.69) is 31.9 Å². The van der Waals surface area contributed by atoms with Crippen molar-refractivity contribution in [2.24, 2.45) is 0 Å². The Balaban J connectivity index is 2.61. The zero-order chi connectivity index (χ0) is 12.7. The van der Waals surface area contributed by atoms with Crippen molar-refractivity contribution in [3.8, 4) is 0 Å². The maximum absolute atomic E-state index is 3.07. The van der Waals surface area contributed by atoms with Gasteiger partial charge in [0.15, 0.2) is 0 Å². The van der Waals surface area contributed by atoms with Crippen molar-refractivity contribution in [1.29, 1.82) is 0 Å². The Bertz CT molecular complexity index is 190. The van der Waals surface area contributed by atoms with Crippen molar-refractivity contribution >= 4 is 17.9 Å². The molecule has 3 heteroatoms. The minimum atomic E-state index is -1.04. The first-order valence-electron chi connectivity index (χ1n) is 7.97. The van der Waals surface area contributed by atoms with E-state index in [1.165, 1.54) is 43.9 Å². The summed E-state index contributed by atoms with van der Waals surface area (Å²) in [6, 6.07) is 4.44. The van der Waals surface area contributed by atoms with Crippen molar-refractivity contribution in [2.45, 2.75) is 83.5 Å². The van der Waals surface area contributed by atoms with E-state index in [9.17, 15) is 0 Å². The van der Waals surface area contributed by atoms with Gasteiger partial charge in [-0.15, -0.1) is 0 Å². The lowest BCUT2D eigenvalue weighted by Crippen LogP contribution is -2.54. The first-order valence-corrected chi connectivity index (χ1v) is 12.0. The second kappa shape index (κ2) is 7.75. The molecule has 0 N–H and O–H groups in total. The summed E-state index contributed by atoms with van der Waals surface area (Å²) < 4.78 is 3.07. The molecule has 1 aliphatic rings. The Labute approximate surface area is 112 Å². The van der Waals surface area contributed by atoms with Crippen LogP contribution in [0.1, 0.15) is 59.8 Å². The summed E-state index contributed by atoms with van der Waals surface area (Å²) in [6.45, 7) is 11.1. The summed E-state index contributed by atoms with van der Waals surface area (Å²) in [5.74, 6) is 0. The molecule has 0 aromatic carbocycles. The first-order chi connectivity index (χ1) is 8.22. The summed E-state index contributed by atoms with van der Waals surface area (Å²) in [6.07, 6.45) is 7.67. The minimum Gasteiger partial charge on any atom is -0.350 e. The average Bonchev–Trinajstić information content (AvgIpc) is 2.41. The zero-order valence-electron chi connectivity index (χ0n) is 12.6. The molecule has 1 rings (SSSR count). The van der Waals surface area contributed by atoms with E-state index >= 15 is 0 Å². The Kier molecular flexibility index (Phi) is 7.04. The molecular weight excluding hydrogens is 238 g/mol. The summed E-state index contributed by atoms with van der Waals surface area (Å²) >= 11 is 0. The van der Waals surface area contributed by atoms with Gasteiger partial charge in [0, 0.05) is 0 Å². The lowest BCUT2D eigenvalue weighted by atomic mass is 10.0. The van der Waals surface area contributed by atoms with E-state index in [-0.39, 0.29) is 9.68 Å². The third kappa shape index (κ3) is 3.93. The molecule has 1 nitrogen and oxygen atoms in total. The fourth-order valence-electron chi connectivity index (χ4n) is 3.76. The summed E-state index contributed by atoms with van der Waals surface area (Å²) in [7, 11) is -0.998. The predicted molar refractivity (Wildman–Crippen MR) is 85.0 cm³/mol. The molecule has 0 amide bonds. The van der Waals surface area contributed by atoms with Crippen LogP contribution in [0.15, 0.2) is 0 Å². The van der Waals surface area contributed by atoms with Gasteiger partial charge in [-0.05, 0) is 30.2 Å². The standard InChI is InChI=1S/C14H33NSi2/c1-5-15(17(6-2,7-3)8-4)16-14-12-10-9-11-13-14/h14H,5-13,16H2,1-4H3. The van der Waals surface area contributed by atoms with Crippen LogP contribution in [0.2, 0.25) is 23.7 Å². The number of hydrogen-bond acceptors (Lipinski definition) is 1. The fourth-order valence-corrected chi connectivity index (χ4v) is 13.4. The van der Waals surface area contributed by atoms with Crippen molar-refractivity contribution in [3.05, 3.63) is 0 Å². The Morgan fingerprint density at radius 2 is 1.47 bits per heavy atom.